The van der Waals surface area contributed by atoms with Gasteiger partial charge in [-0.05, 0) is 37.3 Å². The molecule has 14 heavy (non-hydrogen) atoms. The molecule has 0 amide bonds. The van der Waals surface area contributed by atoms with E-state index in [1.807, 2.05) is 0 Å². The van der Waals surface area contributed by atoms with Crippen LogP contribution in [0.4, 0.5) is 0 Å². The van der Waals surface area contributed by atoms with E-state index in [4.69, 9.17) is 0 Å². The van der Waals surface area contributed by atoms with E-state index in [9.17, 15) is 0 Å². The van der Waals surface area contributed by atoms with Crippen molar-refractivity contribution >= 4 is 0 Å². The van der Waals surface area contributed by atoms with Gasteiger partial charge in [0.2, 0.25) is 0 Å². The molecule has 0 fully saturated rings. The maximum atomic E-state index is 2.36. The summed E-state index contributed by atoms with van der Waals surface area (Å²) in [6.07, 6.45) is 6.36. The Hall–Kier alpha value is -0.780. The van der Waals surface area contributed by atoms with Gasteiger partial charge in [-0.25, -0.2) is 0 Å². The Balaban J connectivity index is 2.78. The number of hydrogen-bond acceptors (Lipinski definition) is 0. The third kappa shape index (κ3) is 3.17. The van der Waals surface area contributed by atoms with Crippen molar-refractivity contribution in [1.82, 2.24) is 0 Å². The summed E-state index contributed by atoms with van der Waals surface area (Å²) in [5, 5.41) is 0. The molecule has 1 aromatic rings. The highest BCUT2D eigenvalue weighted by atomic mass is 14.1. The molecular weight excluding hydrogens is 168 g/mol. The zero-order valence-electron chi connectivity index (χ0n) is 9.77. The van der Waals surface area contributed by atoms with Gasteiger partial charge in [-0.15, -0.1) is 0 Å². The normalized spacial score (nSPS) is 10.5. The van der Waals surface area contributed by atoms with Gasteiger partial charge in [0.15, 0.2) is 0 Å². The lowest BCUT2D eigenvalue weighted by Crippen LogP contribution is -1.95. The Morgan fingerprint density at radius 3 is 2.36 bits per heavy atom. The first-order valence-electron chi connectivity index (χ1n) is 5.86. The molecule has 0 unspecified atom stereocenters. The quantitative estimate of drug-likeness (QED) is 0.649. The Morgan fingerprint density at radius 2 is 1.71 bits per heavy atom. The fourth-order valence-electron chi connectivity index (χ4n) is 1.87. The van der Waals surface area contributed by atoms with Crippen molar-refractivity contribution < 1.29 is 0 Å². The number of benzene rings is 1. The van der Waals surface area contributed by atoms with Gasteiger partial charge < -0.3 is 0 Å². The molecule has 0 radical (unpaired) electrons. The maximum absolute atomic E-state index is 2.36. The fourth-order valence-corrected chi connectivity index (χ4v) is 1.87. The van der Waals surface area contributed by atoms with Crippen LogP contribution in [-0.2, 0) is 12.8 Å². The predicted molar refractivity (Wildman–Crippen MR) is 63.8 cm³/mol. The summed E-state index contributed by atoms with van der Waals surface area (Å²) in [5.41, 5.74) is 4.54. The largest absolute Gasteiger partial charge is 0.0654 e. The van der Waals surface area contributed by atoms with Crippen molar-refractivity contribution in [2.75, 3.05) is 0 Å². The summed E-state index contributed by atoms with van der Waals surface area (Å²) < 4.78 is 0. The van der Waals surface area contributed by atoms with Gasteiger partial charge in [0.25, 0.3) is 0 Å². The van der Waals surface area contributed by atoms with Gasteiger partial charge in [0.05, 0.1) is 0 Å². The van der Waals surface area contributed by atoms with E-state index in [1.165, 1.54) is 37.7 Å². The minimum atomic E-state index is 1.24. The molecule has 0 spiro atoms. The Morgan fingerprint density at radius 1 is 0.929 bits per heavy atom. The number of unbranched alkanes of at least 4 members (excludes halogenated alkanes) is 1. The van der Waals surface area contributed by atoms with Crippen LogP contribution in [0.5, 0.6) is 0 Å². The van der Waals surface area contributed by atoms with Crippen LogP contribution in [0.1, 0.15) is 49.8 Å². The molecule has 1 rings (SSSR count). The molecule has 0 saturated heterocycles. The van der Waals surface area contributed by atoms with Crippen LogP contribution in [0.2, 0.25) is 0 Å². The third-order valence-corrected chi connectivity index (χ3v) is 2.68. The average molecular weight is 190 g/mol. The first-order valence-corrected chi connectivity index (χ1v) is 5.86. The molecule has 0 atom stereocenters. The number of aryl methyl sites for hydroxylation is 3. The third-order valence-electron chi connectivity index (χ3n) is 2.68. The molecule has 0 nitrogen and oxygen atoms in total. The van der Waals surface area contributed by atoms with E-state index in [0.717, 1.165) is 0 Å². The van der Waals surface area contributed by atoms with Crippen molar-refractivity contribution in [1.29, 1.82) is 0 Å². The maximum Gasteiger partial charge on any atom is -0.0276 e. The van der Waals surface area contributed by atoms with E-state index in [-0.39, 0.29) is 0 Å². The van der Waals surface area contributed by atoms with Crippen LogP contribution < -0.4 is 0 Å². The van der Waals surface area contributed by atoms with Gasteiger partial charge >= 0.3 is 0 Å². The van der Waals surface area contributed by atoms with Gasteiger partial charge in [-0.2, -0.15) is 0 Å². The van der Waals surface area contributed by atoms with Crippen molar-refractivity contribution in [2.45, 2.75) is 52.9 Å². The first-order chi connectivity index (χ1) is 6.77. The first kappa shape index (κ1) is 11.3. The molecule has 78 valence electrons. The topological polar surface area (TPSA) is 0 Å². The van der Waals surface area contributed by atoms with Crippen LogP contribution in [0.25, 0.3) is 0 Å². The molecule has 0 heteroatoms. The highest BCUT2D eigenvalue weighted by Crippen LogP contribution is 2.16. The molecular formula is C14H22. The second-order valence-corrected chi connectivity index (χ2v) is 4.13. The van der Waals surface area contributed by atoms with Crippen LogP contribution in [-0.4, -0.2) is 0 Å². The monoisotopic (exact) mass is 190 g/mol. The zero-order chi connectivity index (χ0) is 10.4. The van der Waals surface area contributed by atoms with Gasteiger partial charge in [-0.3, -0.25) is 0 Å². The van der Waals surface area contributed by atoms with Crippen molar-refractivity contribution in [3.05, 3.63) is 34.9 Å². The fraction of sp³-hybridized carbons (Fsp3) is 0.571. The minimum Gasteiger partial charge on any atom is -0.0654 e. The predicted octanol–water partition coefficient (Wildman–Crippen LogP) is 4.29. The van der Waals surface area contributed by atoms with Crippen molar-refractivity contribution in [3.63, 3.8) is 0 Å². The second-order valence-electron chi connectivity index (χ2n) is 4.13. The highest BCUT2D eigenvalue weighted by molar-refractivity contribution is 5.31. The molecule has 0 bridgehead atoms. The minimum absolute atomic E-state index is 1.24. The number of rotatable bonds is 5. The Labute approximate surface area is 88.4 Å². The zero-order valence-corrected chi connectivity index (χ0v) is 9.77. The molecule has 0 saturated carbocycles. The smallest absolute Gasteiger partial charge is 0.0276 e. The summed E-state index contributed by atoms with van der Waals surface area (Å²) in [5.74, 6) is 0. The van der Waals surface area contributed by atoms with E-state index in [2.05, 4.69) is 39.0 Å². The van der Waals surface area contributed by atoms with Crippen LogP contribution in [0, 0.1) is 6.92 Å². The number of hydrogen-bond donors (Lipinski definition) is 0. The van der Waals surface area contributed by atoms with Gasteiger partial charge in [-0.1, -0.05) is 50.5 Å². The van der Waals surface area contributed by atoms with Crippen molar-refractivity contribution in [3.8, 4) is 0 Å². The van der Waals surface area contributed by atoms with E-state index >= 15 is 0 Å². The molecule has 0 N–H and O–H groups in total. The lowest BCUT2D eigenvalue weighted by molar-refractivity contribution is 0.780. The SMILES string of the molecule is CCCCc1ccc(C)cc1CCC. The molecule has 0 aliphatic carbocycles. The van der Waals surface area contributed by atoms with E-state index in [0.29, 0.717) is 0 Å². The molecule has 1 aromatic carbocycles. The highest BCUT2D eigenvalue weighted by Gasteiger charge is 2.01. The average Bonchev–Trinajstić information content (AvgIpc) is 2.17. The summed E-state index contributed by atoms with van der Waals surface area (Å²) in [4.78, 5) is 0. The van der Waals surface area contributed by atoms with E-state index in [1.54, 1.807) is 11.1 Å². The summed E-state index contributed by atoms with van der Waals surface area (Å²) in [6, 6.07) is 6.91. The molecule has 0 aliphatic heterocycles. The van der Waals surface area contributed by atoms with E-state index < -0.39 is 0 Å². The lowest BCUT2D eigenvalue weighted by atomic mass is 9.97. The van der Waals surface area contributed by atoms with Crippen LogP contribution in [0.3, 0.4) is 0 Å². The van der Waals surface area contributed by atoms with Crippen LogP contribution >= 0.6 is 0 Å². The Kier molecular flexibility index (Phi) is 4.72. The summed E-state index contributed by atoms with van der Waals surface area (Å²) in [6.45, 7) is 6.70. The van der Waals surface area contributed by atoms with Gasteiger partial charge in [0.1, 0.15) is 0 Å². The molecule has 0 aromatic heterocycles. The standard InChI is InChI=1S/C14H22/c1-4-6-8-13-10-9-12(3)11-14(13)7-5-2/h9-11H,4-8H2,1-3H3. The summed E-state index contributed by atoms with van der Waals surface area (Å²) >= 11 is 0. The molecule has 0 aliphatic rings. The van der Waals surface area contributed by atoms with Crippen molar-refractivity contribution in [2.24, 2.45) is 0 Å². The molecule has 0 heterocycles. The Bertz CT molecular complexity index is 273. The lowest BCUT2D eigenvalue weighted by Gasteiger charge is -2.09. The van der Waals surface area contributed by atoms with Gasteiger partial charge in [0, 0.05) is 0 Å². The summed E-state index contributed by atoms with van der Waals surface area (Å²) in [7, 11) is 0. The van der Waals surface area contributed by atoms with Crippen LogP contribution in [0.15, 0.2) is 18.2 Å². The second kappa shape index (κ2) is 5.85.